The van der Waals surface area contributed by atoms with E-state index in [0.29, 0.717) is 24.4 Å². The molecule has 2 N–H and O–H groups in total. The Hall–Kier alpha value is -0.570. The zero-order valence-electron chi connectivity index (χ0n) is 11.6. The maximum atomic E-state index is 12.7. The van der Waals surface area contributed by atoms with Crippen LogP contribution in [0.15, 0.2) is 0 Å². The second-order valence-electron chi connectivity index (χ2n) is 5.96. The van der Waals surface area contributed by atoms with Crippen molar-refractivity contribution in [2.45, 2.75) is 70.3 Å². The molecule has 0 radical (unpaired) electrons. The van der Waals surface area contributed by atoms with Crippen LogP contribution in [0.4, 0.5) is 0 Å². The second-order valence-corrected chi connectivity index (χ2v) is 5.96. The molecule has 0 bridgehead atoms. The third-order valence-electron chi connectivity index (χ3n) is 4.64. The minimum atomic E-state index is 0.291. The third-order valence-corrected chi connectivity index (χ3v) is 4.64. The quantitative estimate of drug-likeness (QED) is 0.768. The fourth-order valence-electron chi connectivity index (χ4n) is 3.47. The Morgan fingerprint density at radius 1 is 0.944 bits per heavy atom. The van der Waals surface area contributed by atoms with Gasteiger partial charge < -0.3 is 10.6 Å². The van der Waals surface area contributed by atoms with Gasteiger partial charge in [0, 0.05) is 25.0 Å². The van der Waals surface area contributed by atoms with E-state index in [9.17, 15) is 4.79 Å². The molecule has 1 saturated heterocycles. The van der Waals surface area contributed by atoms with E-state index in [1.54, 1.807) is 0 Å². The number of amides is 1. The van der Waals surface area contributed by atoms with E-state index in [4.69, 9.17) is 5.73 Å². The molecule has 0 spiro atoms. The molecule has 1 amide bonds. The van der Waals surface area contributed by atoms with E-state index in [-0.39, 0.29) is 0 Å². The fourth-order valence-corrected chi connectivity index (χ4v) is 3.47. The SMILES string of the molecule is NCC1CCCCCN1C(=O)C1CCCCCC1. The summed E-state index contributed by atoms with van der Waals surface area (Å²) in [5.74, 6) is 0.703. The van der Waals surface area contributed by atoms with Crippen LogP contribution in [-0.2, 0) is 4.79 Å². The van der Waals surface area contributed by atoms with Gasteiger partial charge in [-0.05, 0) is 25.7 Å². The monoisotopic (exact) mass is 252 g/mol. The molecule has 1 aliphatic heterocycles. The van der Waals surface area contributed by atoms with Crippen LogP contribution in [0.1, 0.15) is 64.2 Å². The van der Waals surface area contributed by atoms with Crippen LogP contribution in [0.25, 0.3) is 0 Å². The number of hydrogen-bond donors (Lipinski definition) is 1. The zero-order chi connectivity index (χ0) is 12.8. The summed E-state index contributed by atoms with van der Waals surface area (Å²) < 4.78 is 0. The number of likely N-dealkylation sites (tertiary alicyclic amines) is 1. The molecule has 0 aromatic heterocycles. The van der Waals surface area contributed by atoms with Crippen molar-refractivity contribution in [3.8, 4) is 0 Å². The smallest absolute Gasteiger partial charge is 0.225 e. The minimum absolute atomic E-state index is 0.291. The molecular weight excluding hydrogens is 224 g/mol. The molecule has 1 unspecified atom stereocenters. The molecule has 1 atom stereocenters. The van der Waals surface area contributed by atoms with Gasteiger partial charge in [-0.3, -0.25) is 4.79 Å². The van der Waals surface area contributed by atoms with Gasteiger partial charge in [-0.25, -0.2) is 0 Å². The first-order valence-electron chi connectivity index (χ1n) is 7.83. The number of rotatable bonds is 2. The first-order chi connectivity index (χ1) is 8.83. The van der Waals surface area contributed by atoms with Gasteiger partial charge in [-0.2, -0.15) is 0 Å². The van der Waals surface area contributed by atoms with Crippen molar-refractivity contribution in [1.29, 1.82) is 0 Å². The van der Waals surface area contributed by atoms with Crippen molar-refractivity contribution in [3.63, 3.8) is 0 Å². The maximum Gasteiger partial charge on any atom is 0.225 e. The molecule has 18 heavy (non-hydrogen) atoms. The summed E-state index contributed by atoms with van der Waals surface area (Å²) in [6, 6.07) is 0.309. The highest BCUT2D eigenvalue weighted by atomic mass is 16.2. The van der Waals surface area contributed by atoms with Crippen molar-refractivity contribution < 1.29 is 4.79 Å². The number of nitrogens with zero attached hydrogens (tertiary/aromatic N) is 1. The highest BCUT2D eigenvalue weighted by Gasteiger charge is 2.30. The van der Waals surface area contributed by atoms with E-state index < -0.39 is 0 Å². The van der Waals surface area contributed by atoms with Crippen LogP contribution in [0.5, 0.6) is 0 Å². The molecule has 0 aromatic rings. The van der Waals surface area contributed by atoms with Crippen LogP contribution in [-0.4, -0.2) is 29.9 Å². The first kappa shape index (κ1) is 13.9. The Balaban J connectivity index is 1.99. The van der Waals surface area contributed by atoms with Crippen LogP contribution in [0.3, 0.4) is 0 Å². The van der Waals surface area contributed by atoms with Crippen LogP contribution < -0.4 is 5.73 Å². The summed E-state index contributed by atoms with van der Waals surface area (Å²) in [6.45, 7) is 1.58. The number of nitrogens with two attached hydrogens (primary N) is 1. The Kier molecular flexibility index (Phi) is 5.48. The number of hydrogen-bond acceptors (Lipinski definition) is 2. The van der Waals surface area contributed by atoms with E-state index in [0.717, 1.165) is 32.2 Å². The van der Waals surface area contributed by atoms with Crippen molar-refractivity contribution in [3.05, 3.63) is 0 Å². The van der Waals surface area contributed by atoms with E-state index in [1.807, 2.05) is 0 Å². The molecule has 0 aromatic carbocycles. The zero-order valence-corrected chi connectivity index (χ0v) is 11.6. The third kappa shape index (κ3) is 3.47. The van der Waals surface area contributed by atoms with Gasteiger partial charge in [0.2, 0.25) is 5.91 Å². The maximum absolute atomic E-state index is 12.7. The lowest BCUT2D eigenvalue weighted by Crippen LogP contribution is -2.46. The summed E-state index contributed by atoms with van der Waals surface area (Å²) >= 11 is 0. The van der Waals surface area contributed by atoms with Gasteiger partial charge in [0.25, 0.3) is 0 Å². The number of carbonyl (C=O) groups is 1. The van der Waals surface area contributed by atoms with Crippen molar-refractivity contribution in [2.24, 2.45) is 11.7 Å². The predicted octanol–water partition coefficient (Wildman–Crippen LogP) is 2.69. The second kappa shape index (κ2) is 7.13. The molecule has 2 rings (SSSR count). The Labute approximate surface area is 111 Å². The molecule has 2 fully saturated rings. The van der Waals surface area contributed by atoms with Crippen LogP contribution in [0, 0.1) is 5.92 Å². The number of carbonyl (C=O) groups excluding carboxylic acids is 1. The predicted molar refractivity (Wildman–Crippen MR) is 74.2 cm³/mol. The largest absolute Gasteiger partial charge is 0.338 e. The fraction of sp³-hybridized carbons (Fsp3) is 0.933. The molecule has 1 aliphatic carbocycles. The summed E-state index contributed by atoms with van der Waals surface area (Å²) in [5, 5.41) is 0. The Morgan fingerprint density at radius 3 is 2.22 bits per heavy atom. The lowest BCUT2D eigenvalue weighted by Gasteiger charge is -2.32. The molecule has 2 aliphatic rings. The van der Waals surface area contributed by atoms with Gasteiger partial charge in [-0.1, -0.05) is 38.5 Å². The van der Waals surface area contributed by atoms with E-state index >= 15 is 0 Å². The van der Waals surface area contributed by atoms with Gasteiger partial charge in [0.05, 0.1) is 0 Å². The van der Waals surface area contributed by atoms with Crippen LogP contribution in [0.2, 0.25) is 0 Å². The lowest BCUT2D eigenvalue weighted by atomic mass is 9.97. The van der Waals surface area contributed by atoms with Gasteiger partial charge in [-0.15, -0.1) is 0 Å². The van der Waals surface area contributed by atoms with Crippen molar-refractivity contribution in [1.82, 2.24) is 4.90 Å². The summed E-state index contributed by atoms with van der Waals surface area (Å²) in [4.78, 5) is 14.8. The molecule has 3 nitrogen and oxygen atoms in total. The highest BCUT2D eigenvalue weighted by molar-refractivity contribution is 5.79. The summed E-state index contributed by atoms with van der Waals surface area (Å²) in [6.07, 6.45) is 12.0. The average molecular weight is 252 g/mol. The van der Waals surface area contributed by atoms with Crippen molar-refractivity contribution >= 4 is 5.91 Å². The molecule has 104 valence electrons. The Bertz CT molecular complexity index is 259. The van der Waals surface area contributed by atoms with Crippen LogP contribution >= 0.6 is 0 Å². The summed E-state index contributed by atoms with van der Waals surface area (Å²) in [7, 11) is 0. The highest BCUT2D eigenvalue weighted by Crippen LogP contribution is 2.27. The topological polar surface area (TPSA) is 46.3 Å². The first-order valence-corrected chi connectivity index (χ1v) is 7.83. The molecular formula is C15H28N2O. The van der Waals surface area contributed by atoms with Gasteiger partial charge >= 0.3 is 0 Å². The molecule has 1 heterocycles. The molecule has 3 heteroatoms. The van der Waals surface area contributed by atoms with Crippen molar-refractivity contribution in [2.75, 3.05) is 13.1 Å². The normalized spacial score (nSPS) is 27.6. The standard InChI is InChI=1S/C15H28N2O/c16-12-14-10-6-3-7-11-17(14)15(18)13-8-4-1-2-5-9-13/h13-14H,1-12,16H2. The van der Waals surface area contributed by atoms with Gasteiger partial charge in [0.1, 0.15) is 0 Å². The van der Waals surface area contributed by atoms with Gasteiger partial charge in [0.15, 0.2) is 0 Å². The molecule has 1 saturated carbocycles. The van der Waals surface area contributed by atoms with E-state index in [2.05, 4.69) is 4.90 Å². The average Bonchev–Trinajstić information content (AvgIpc) is 2.80. The summed E-state index contributed by atoms with van der Waals surface area (Å²) in [5.41, 5.74) is 5.87. The van der Waals surface area contributed by atoms with E-state index in [1.165, 1.54) is 38.5 Å². The Morgan fingerprint density at radius 2 is 1.56 bits per heavy atom. The minimum Gasteiger partial charge on any atom is -0.338 e. The lowest BCUT2D eigenvalue weighted by molar-refractivity contribution is -0.138.